The standard InChI is InChI=1S/C23H20N4O3/c1-2-11-30-13-9-7-12(8-10-13)16-17-19(14-5-3-4-6-15(14)20(17)28)25-21-18(16)22(29)27-23(24)26-21/h3-10,16H,2,11H2,1H3,(H4,24,25,26,27,29)/t16-/m1/s1. The number of nitrogens with zero attached hydrogens (tertiary/aromatic N) is 1. The number of allylic oxidation sites excluding steroid dienone is 1. The normalized spacial score (nSPS) is 16.6. The summed E-state index contributed by atoms with van der Waals surface area (Å²) in [6, 6.07) is 14.9. The van der Waals surface area contributed by atoms with Crippen LogP contribution in [-0.2, 0) is 0 Å². The minimum absolute atomic E-state index is 0.0231. The molecule has 1 aliphatic heterocycles. The zero-order chi connectivity index (χ0) is 20.8. The summed E-state index contributed by atoms with van der Waals surface area (Å²) < 4.78 is 5.68. The third-order valence-corrected chi connectivity index (χ3v) is 5.44. The van der Waals surface area contributed by atoms with Gasteiger partial charge in [0.15, 0.2) is 5.78 Å². The lowest BCUT2D eigenvalue weighted by atomic mass is 9.81. The van der Waals surface area contributed by atoms with Crippen LogP contribution < -0.4 is 21.3 Å². The van der Waals surface area contributed by atoms with E-state index < -0.39 is 5.92 Å². The molecule has 0 bridgehead atoms. The summed E-state index contributed by atoms with van der Waals surface area (Å²) in [5, 5.41) is 3.19. The molecule has 2 aromatic carbocycles. The zero-order valence-electron chi connectivity index (χ0n) is 16.4. The summed E-state index contributed by atoms with van der Waals surface area (Å²) in [6.07, 6.45) is 0.912. The average Bonchev–Trinajstić information content (AvgIpc) is 3.03. The summed E-state index contributed by atoms with van der Waals surface area (Å²) in [7, 11) is 0. The Kier molecular flexibility index (Phi) is 4.17. The number of hydrogen-bond donors (Lipinski definition) is 3. The maximum Gasteiger partial charge on any atom is 0.258 e. The van der Waals surface area contributed by atoms with Gasteiger partial charge in [-0.05, 0) is 24.1 Å². The number of aromatic nitrogens is 2. The Hall–Kier alpha value is -3.87. The van der Waals surface area contributed by atoms with Gasteiger partial charge in [0.05, 0.1) is 17.9 Å². The zero-order valence-corrected chi connectivity index (χ0v) is 16.4. The van der Waals surface area contributed by atoms with Gasteiger partial charge in [-0.1, -0.05) is 43.3 Å². The fourth-order valence-corrected chi connectivity index (χ4v) is 4.15. The molecule has 0 saturated carbocycles. The minimum Gasteiger partial charge on any atom is -0.494 e. The number of H-pyrrole nitrogens is 1. The van der Waals surface area contributed by atoms with Crippen LogP contribution in [0.4, 0.5) is 11.8 Å². The van der Waals surface area contributed by atoms with Crippen molar-refractivity contribution in [2.45, 2.75) is 19.3 Å². The monoisotopic (exact) mass is 400 g/mol. The van der Waals surface area contributed by atoms with Gasteiger partial charge in [0.25, 0.3) is 5.56 Å². The Labute approximate surface area is 172 Å². The van der Waals surface area contributed by atoms with Crippen LogP contribution in [-0.4, -0.2) is 22.4 Å². The Bertz CT molecular complexity index is 1260. The number of rotatable bonds is 4. The van der Waals surface area contributed by atoms with Gasteiger partial charge in [-0.15, -0.1) is 0 Å². The second-order valence-electron chi connectivity index (χ2n) is 7.35. The van der Waals surface area contributed by atoms with E-state index in [-0.39, 0.29) is 17.3 Å². The number of nitrogen functional groups attached to an aromatic ring is 1. The van der Waals surface area contributed by atoms with Gasteiger partial charge in [0.1, 0.15) is 11.6 Å². The first-order valence-corrected chi connectivity index (χ1v) is 9.86. The number of carbonyl (C=O) groups excluding carboxylic acids is 1. The highest BCUT2D eigenvalue weighted by atomic mass is 16.5. The van der Waals surface area contributed by atoms with Crippen LogP contribution in [0.5, 0.6) is 5.75 Å². The van der Waals surface area contributed by atoms with E-state index in [2.05, 4.69) is 15.3 Å². The smallest absolute Gasteiger partial charge is 0.258 e. The number of aromatic amines is 1. The van der Waals surface area contributed by atoms with Gasteiger partial charge < -0.3 is 15.8 Å². The number of fused-ring (bicyclic) bond motifs is 3. The van der Waals surface area contributed by atoms with Crippen molar-refractivity contribution in [2.75, 3.05) is 17.7 Å². The van der Waals surface area contributed by atoms with Gasteiger partial charge in [-0.25, -0.2) is 0 Å². The molecule has 150 valence electrons. The molecule has 2 heterocycles. The van der Waals surface area contributed by atoms with Gasteiger partial charge in [0, 0.05) is 22.6 Å². The number of nitrogens with one attached hydrogen (secondary N) is 2. The van der Waals surface area contributed by atoms with Crippen LogP contribution in [0.25, 0.3) is 5.70 Å². The molecular weight excluding hydrogens is 380 g/mol. The van der Waals surface area contributed by atoms with Crippen molar-refractivity contribution in [3.63, 3.8) is 0 Å². The Balaban J connectivity index is 1.70. The lowest BCUT2D eigenvalue weighted by Gasteiger charge is -2.27. The molecular formula is C23H20N4O3. The van der Waals surface area contributed by atoms with E-state index in [0.29, 0.717) is 34.8 Å². The fourth-order valence-electron chi connectivity index (χ4n) is 4.15. The van der Waals surface area contributed by atoms with Crippen LogP contribution in [0, 0.1) is 0 Å². The van der Waals surface area contributed by atoms with Gasteiger partial charge in [-0.3, -0.25) is 14.6 Å². The summed E-state index contributed by atoms with van der Waals surface area (Å²) in [4.78, 5) is 33.1. The molecule has 0 spiro atoms. The maximum atomic E-state index is 13.3. The van der Waals surface area contributed by atoms with E-state index in [4.69, 9.17) is 10.5 Å². The van der Waals surface area contributed by atoms with E-state index in [1.807, 2.05) is 49.4 Å². The number of anilines is 2. The molecule has 1 atom stereocenters. The van der Waals surface area contributed by atoms with Crippen molar-refractivity contribution < 1.29 is 9.53 Å². The van der Waals surface area contributed by atoms with E-state index in [1.165, 1.54) is 0 Å². The number of carbonyl (C=O) groups is 1. The van der Waals surface area contributed by atoms with Crippen LogP contribution >= 0.6 is 0 Å². The first-order chi connectivity index (χ1) is 14.6. The van der Waals surface area contributed by atoms with Crippen molar-refractivity contribution >= 4 is 23.2 Å². The second-order valence-corrected chi connectivity index (χ2v) is 7.35. The number of benzene rings is 2. The molecule has 2 aliphatic rings. The number of ether oxygens (including phenoxy) is 1. The molecule has 0 saturated heterocycles. The highest BCUT2D eigenvalue weighted by molar-refractivity contribution is 6.23. The Morgan fingerprint density at radius 3 is 2.53 bits per heavy atom. The molecule has 1 aliphatic carbocycles. The number of Topliss-reactive ketones (excluding diaryl/α,β-unsaturated/α-hetero) is 1. The quantitative estimate of drug-likeness (QED) is 0.620. The number of nitrogens with two attached hydrogens (primary N) is 1. The first kappa shape index (κ1) is 18.2. The highest BCUT2D eigenvalue weighted by Crippen LogP contribution is 2.47. The lowest BCUT2D eigenvalue weighted by Crippen LogP contribution is -2.28. The summed E-state index contributed by atoms with van der Waals surface area (Å²) in [5.41, 5.74) is 9.25. The minimum atomic E-state index is -0.562. The maximum absolute atomic E-state index is 13.3. The van der Waals surface area contributed by atoms with E-state index in [9.17, 15) is 9.59 Å². The third-order valence-electron chi connectivity index (χ3n) is 5.44. The van der Waals surface area contributed by atoms with E-state index in [1.54, 1.807) is 6.07 Å². The van der Waals surface area contributed by atoms with Gasteiger partial charge in [-0.2, -0.15) is 4.98 Å². The molecule has 0 radical (unpaired) electrons. The van der Waals surface area contributed by atoms with Crippen molar-refractivity contribution in [1.29, 1.82) is 0 Å². The van der Waals surface area contributed by atoms with Crippen LogP contribution in [0.3, 0.4) is 0 Å². The molecule has 3 aromatic rings. The summed E-state index contributed by atoms with van der Waals surface area (Å²) in [6.45, 7) is 2.67. The molecule has 4 N–H and O–H groups in total. The van der Waals surface area contributed by atoms with E-state index >= 15 is 0 Å². The van der Waals surface area contributed by atoms with Crippen molar-refractivity contribution in [1.82, 2.24) is 9.97 Å². The molecule has 7 nitrogen and oxygen atoms in total. The second kappa shape index (κ2) is 6.88. The Morgan fingerprint density at radius 2 is 1.80 bits per heavy atom. The third kappa shape index (κ3) is 2.70. The summed E-state index contributed by atoms with van der Waals surface area (Å²) in [5.74, 6) is 0.486. The molecule has 30 heavy (non-hydrogen) atoms. The predicted octanol–water partition coefficient (Wildman–Crippen LogP) is 3.31. The number of ketones is 1. The highest BCUT2D eigenvalue weighted by Gasteiger charge is 2.41. The van der Waals surface area contributed by atoms with Crippen LogP contribution in [0.1, 0.15) is 46.3 Å². The molecule has 5 rings (SSSR count). The summed E-state index contributed by atoms with van der Waals surface area (Å²) >= 11 is 0. The Morgan fingerprint density at radius 1 is 1.07 bits per heavy atom. The SMILES string of the molecule is CCCOc1ccc([C@@H]2C3=C(Nc4nc(N)[nH]c(=O)c42)c2ccccc2C3=O)cc1. The van der Waals surface area contributed by atoms with Gasteiger partial charge >= 0.3 is 0 Å². The number of hydrogen-bond acceptors (Lipinski definition) is 6. The average molecular weight is 400 g/mol. The van der Waals surface area contributed by atoms with Crippen LogP contribution in [0.15, 0.2) is 58.9 Å². The molecule has 0 unspecified atom stereocenters. The topological polar surface area (TPSA) is 110 Å². The van der Waals surface area contributed by atoms with Crippen molar-refractivity contribution in [2.24, 2.45) is 0 Å². The molecule has 0 amide bonds. The van der Waals surface area contributed by atoms with Crippen molar-refractivity contribution in [3.8, 4) is 5.75 Å². The lowest BCUT2D eigenvalue weighted by molar-refractivity contribution is 0.103. The predicted molar refractivity (Wildman–Crippen MR) is 115 cm³/mol. The van der Waals surface area contributed by atoms with E-state index in [0.717, 1.165) is 23.3 Å². The fraction of sp³-hybridized carbons (Fsp3) is 0.174. The first-order valence-electron chi connectivity index (χ1n) is 9.86. The largest absolute Gasteiger partial charge is 0.494 e. The van der Waals surface area contributed by atoms with Crippen molar-refractivity contribution in [3.05, 3.63) is 86.7 Å². The molecule has 0 fully saturated rings. The van der Waals surface area contributed by atoms with Crippen LogP contribution in [0.2, 0.25) is 0 Å². The molecule has 7 heteroatoms. The molecule has 1 aromatic heterocycles. The van der Waals surface area contributed by atoms with Gasteiger partial charge in [0.2, 0.25) is 5.95 Å².